The van der Waals surface area contributed by atoms with Crippen LogP contribution in [0.5, 0.6) is 0 Å². The molecule has 0 saturated heterocycles. The van der Waals surface area contributed by atoms with Crippen molar-refractivity contribution in [1.29, 1.82) is 0 Å². The van der Waals surface area contributed by atoms with Crippen LogP contribution in [0.1, 0.15) is 37.4 Å². The van der Waals surface area contributed by atoms with Crippen LogP contribution in [0.25, 0.3) is 0 Å². The van der Waals surface area contributed by atoms with Crippen molar-refractivity contribution >= 4 is 11.6 Å². The summed E-state index contributed by atoms with van der Waals surface area (Å²) >= 11 is 5.84. The van der Waals surface area contributed by atoms with Crippen molar-refractivity contribution in [3.8, 4) is 0 Å². The van der Waals surface area contributed by atoms with Crippen molar-refractivity contribution in [1.82, 2.24) is 0 Å². The van der Waals surface area contributed by atoms with E-state index in [9.17, 15) is 18.3 Å². The zero-order valence-corrected chi connectivity index (χ0v) is 11.1. The molecule has 1 fully saturated rings. The lowest BCUT2D eigenvalue weighted by molar-refractivity contribution is -0.189. The summed E-state index contributed by atoms with van der Waals surface area (Å²) in [6.07, 6.45) is -3.73. The van der Waals surface area contributed by atoms with Crippen LogP contribution in [0.4, 0.5) is 13.2 Å². The zero-order chi connectivity index (χ0) is 14.0. The largest absolute Gasteiger partial charge is 0.391 e. The topological polar surface area (TPSA) is 20.2 Å². The Morgan fingerprint density at radius 3 is 2.63 bits per heavy atom. The summed E-state index contributed by atoms with van der Waals surface area (Å²) in [5.41, 5.74) is 0.598. The zero-order valence-electron chi connectivity index (χ0n) is 10.3. The molecule has 0 aromatic heterocycles. The van der Waals surface area contributed by atoms with Crippen LogP contribution in [-0.4, -0.2) is 11.3 Å². The Morgan fingerprint density at radius 1 is 1.26 bits per heavy atom. The fourth-order valence-corrected chi connectivity index (χ4v) is 2.97. The summed E-state index contributed by atoms with van der Waals surface area (Å²) in [4.78, 5) is 0. The van der Waals surface area contributed by atoms with Crippen LogP contribution in [0.15, 0.2) is 24.3 Å². The molecular formula is C14H16ClF3O. The van der Waals surface area contributed by atoms with Crippen LogP contribution in [0, 0.1) is 11.8 Å². The Bertz CT molecular complexity index is 433. The number of hydrogen-bond donors (Lipinski definition) is 1. The molecule has 1 saturated carbocycles. The molecule has 3 unspecified atom stereocenters. The second-order valence-corrected chi connectivity index (χ2v) is 5.60. The molecule has 1 nitrogen and oxygen atoms in total. The van der Waals surface area contributed by atoms with Gasteiger partial charge in [0.15, 0.2) is 0 Å². The van der Waals surface area contributed by atoms with Crippen molar-refractivity contribution in [3.63, 3.8) is 0 Å². The van der Waals surface area contributed by atoms with Crippen molar-refractivity contribution in [3.05, 3.63) is 34.9 Å². The van der Waals surface area contributed by atoms with Gasteiger partial charge in [-0.25, -0.2) is 0 Å². The van der Waals surface area contributed by atoms with E-state index < -0.39 is 18.2 Å². The van der Waals surface area contributed by atoms with Gasteiger partial charge < -0.3 is 5.11 Å². The molecule has 1 aromatic rings. The fourth-order valence-electron chi connectivity index (χ4n) is 2.77. The first-order chi connectivity index (χ1) is 8.88. The second-order valence-electron chi connectivity index (χ2n) is 5.17. The van der Waals surface area contributed by atoms with Gasteiger partial charge in [-0.05, 0) is 42.9 Å². The highest BCUT2D eigenvalue weighted by Crippen LogP contribution is 2.44. The normalized spacial score (nSPS) is 26.2. The average Bonchev–Trinajstić information content (AvgIpc) is 2.37. The Hall–Kier alpha value is -0.740. The summed E-state index contributed by atoms with van der Waals surface area (Å²) in [5, 5.41) is 10.7. The fraction of sp³-hybridized carbons (Fsp3) is 0.571. The van der Waals surface area contributed by atoms with E-state index in [1.807, 2.05) is 0 Å². The first-order valence-corrected chi connectivity index (χ1v) is 6.76. The van der Waals surface area contributed by atoms with Gasteiger partial charge in [0.25, 0.3) is 0 Å². The monoisotopic (exact) mass is 292 g/mol. The van der Waals surface area contributed by atoms with E-state index in [4.69, 9.17) is 11.6 Å². The van der Waals surface area contributed by atoms with Gasteiger partial charge in [-0.15, -0.1) is 0 Å². The highest BCUT2D eigenvalue weighted by atomic mass is 35.5. The number of benzene rings is 1. The van der Waals surface area contributed by atoms with Crippen LogP contribution >= 0.6 is 11.6 Å². The molecule has 0 aliphatic heterocycles. The molecule has 5 heteroatoms. The van der Waals surface area contributed by atoms with Crippen LogP contribution < -0.4 is 0 Å². The average molecular weight is 293 g/mol. The minimum absolute atomic E-state index is 0.00280. The Kier molecular flexibility index (Phi) is 4.41. The molecule has 1 aromatic carbocycles. The van der Waals surface area contributed by atoms with Gasteiger partial charge in [0.2, 0.25) is 0 Å². The number of alkyl halides is 3. The third-order valence-corrected chi connectivity index (χ3v) is 4.05. The van der Waals surface area contributed by atoms with Crippen LogP contribution in [0.2, 0.25) is 5.02 Å². The molecule has 0 radical (unpaired) electrons. The summed E-state index contributed by atoms with van der Waals surface area (Å²) < 4.78 is 38.2. The molecule has 1 aliphatic carbocycles. The summed E-state index contributed by atoms with van der Waals surface area (Å²) in [6, 6.07) is 6.69. The van der Waals surface area contributed by atoms with Crippen molar-refractivity contribution < 1.29 is 18.3 Å². The molecule has 0 heterocycles. The van der Waals surface area contributed by atoms with Crippen molar-refractivity contribution in [2.75, 3.05) is 0 Å². The quantitative estimate of drug-likeness (QED) is 0.834. The van der Waals surface area contributed by atoms with E-state index in [0.29, 0.717) is 23.4 Å². The van der Waals surface area contributed by atoms with Crippen molar-refractivity contribution in [2.24, 2.45) is 11.8 Å². The molecule has 2 rings (SSSR count). The summed E-state index contributed by atoms with van der Waals surface area (Å²) in [7, 11) is 0. The number of aliphatic hydroxyl groups excluding tert-OH is 1. The highest BCUT2D eigenvalue weighted by molar-refractivity contribution is 6.30. The Labute approximate surface area is 115 Å². The van der Waals surface area contributed by atoms with E-state index in [1.165, 1.54) is 0 Å². The number of hydrogen-bond acceptors (Lipinski definition) is 1. The van der Waals surface area contributed by atoms with Gasteiger partial charge in [0, 0.05) is 5.02 Å². The van der Waals surface area contributed by atoms with E-state index in [2.05, 4.69) is 0 Å². The predicted octanol–water partition coefficient (Wildman–Crippen LogP) is 4.74. The van der Waals surface area contributed by atoms with E-state index in [1.54, 1.807) is 24.3 Å². The smallest absolute Gasteiger partial charge is 0.388 e. The third-order valence-electron chi connectivity index (χ3n) is 3.81. The van der Waals surface area contributed by atoms with Crippen LogP contribution in [-0.2, 0) is 0 Å². The van der Waals surface area contributed by atoms with Gasteiger partial charge in [-0.2, -0.15) is 13.2 Å². The number of rotatable bonds is 2. The standard InChI is InChI=1S/C14H16ClF3O/c15-12-6-2-4-10(8-12)13(19)9-3-1-5-11(7-9)14(16,17)18/h2,4,6,8-9,11,13,19H,1,3,5,7H2. The summed E-state index contributed by atoms with van der Waals surface area (Å²) in [6.45, 7) is 0. The van der Waals surface area contributed by atoms with Gasteiger partial charge in [0.05, 0.1) is 12.0 Å². The van der Waals surface area contributed by atoms with Gasteiger partial charge in [-0.3, -0.25) is 0 Å². The maximum absolute atomic E-state index is 12.7. The number of halogens is 4. The van der Waals surface area contributed by atoms with Gasteiger partial charge >= 0.3 is 6.18 Å². The van der Waals surface area contributed by atoms with E-state index >= 15 is 0 Å². The van der Waals surface area contributed by atoms with Crippen LogP contribution in [0.3, 0.4) is 0 Å². The van der Waals surface area contributed by atoms with Gasteiger partial charge in [-0.1, -0.05) is 30.2 Å². The maximum atomic E-state index is 12.7. The molecule has 0 amide bonds. The highest BCUT2D eigenvalue weighted by Gasteiger charge is 2.43. The Morgan fingerprint density at radius 2 is 2.00 bits per heavy atom. The lowest BCUT2D eigenvalue weighted by Gasteiger charge is -2.33. The van der Waals surface area contributed by atoms with Gasteiger partial charge in [0.1, 0.15) is 0 Å². The van der Waals surface area contributed by atoms with E-state index in [-0.39, 0.29) is 18.8 Å². The second kappa shape index (κ2) is 5.71. The SMILES string of the molecule is OC(c1cccc(Cl)c1)C1CCCC(C(F)(F)F)C1. The lowest BCUT2D eigenvalue weighted by atomic mass is 9.77. The Balaban J connectivity index is 2.09. The first-order valence-electron chi connectivity index (χ1n) is 6.38. The molecule has 106 valence electrons. The minimum Gasteiger partial charge on any atom is -0.388 e. The molecule has 3 atom stereocenters. The minimum atomic E-state index is -4.16. The van der Waals surface area contributed by atoms with E-state index in [0.717, 1.165) is 0 Å². The maximum Gasteiger partial charge on any atom is 0.391 e. The van der Waals surface area contributed by atoms with Crippen molar-refractivity contribution in [2.45, 2.75) is 38.0 Å². The molecular weight excluding hydrogens is 277 g/mol. The molecule has 19 heavy (non-hydrogen) atoms. The number of aliphatic hydroxyl groups is 1. The molecule has 0 spiro atoms. The molecule has 0 bridgehead atoms. The molecule has 1 N–H and O–H groups in total. The lowest BCUT2D eigenvalue weighted by Crippen LogP contribution is -2.31. The summed E-state index contributed by atoms with van der Waals surface area (Å²) in [5.74, 6) is -1.64. The first kappa shape index (κ1) is 14.7. The third kappa shape index (κ3) is 3.63. The molecule has 1 aliphatic rings. The predicted molar refractivity (Wildman–Crippen MR) is 67.9 cm³/mol.